The van der Waals surface area contributed by atoms with Gasteiger partial charge in [-0.05, 0) is 25.1 Å². The molecule has 0 fully saturated rings. The first kappa shape index (κ1) is 13.9. The van der Waals surface area contributed by atoms with Crippen molar-refractivity contribution in [3.8, 4) is 5.75 Å². The molecular weight excluding hydrogens is 266 g/mol. The molecule has 1 aromatic rings. The number of ketones is 1. The van der Waals surface area contributed by atoms with Crippen LogP contribution >= 0.6 is 0 Å². The third-order valence-electron chi connectivity index (χ3n) is 3.02. The first-order valence-corrected chi connectivity index (χ1v) is 7.99. The summed E-state index contributed by atoms with van der Waals surface area (Å²) in [5.74, 6) is 0.478. The highest BCUT2D eigenvalue weighted by Gasteiger charge is 2.29. The van der Waals surface area contributed by atoms with Gasteiger partial charge in [0.2, 0.25) is 10.0 Å². The normalized spacial score (nSPS) is 18.7. The highest BCUT2D eigenvalue weighted by atomic mass is 32.2. The van der Waals surface area contributed by atoms with Gasteiger partial charge in [-0.15, -0.1) is 0 Å². The number of hydrogen-bond donors (Lipinski definition) is 0. The predicted octanol–water partition coefficient (Wildman–Crippen LogP) is 1.83. The Hall–Kier alpha value is -1.56. The Kier molecular flexibility index (Phi) is 3.54. The van der Waals surface area contributed by atoms with E-state index in [1.54, 1.807) is 25.1 Å². The molecule has 0 radical (unpaired) electrons. The fourth-order valence-electron chi connectivity index (χ4n) is 2.09. The Morgan fingerprint density at radius 3 is 2.74 bits per heavy atom. The van der Waals surface area contributed by atoms with Crippen molar-refractivity contribution >= 4 is 21.5 Å². The molecule has 0 saturated heterocycles. The van der Waals surface area contributed by atoms with Crippen LogP contribution in [-0.4, -0.2) is 33.1 Å². The Morgan fingerprint density at radius 1 is 1.47 bits per heavy atom. The van der Waals surface area contributed by atoms with Gasteiger partial charge in [0.25, 0.3) is 0 Å². The Balaban J connectivity index is 2.54. The molecule has 19 heavy (non-hydrogen) atoms. The maximum atomic E-state index is 11.8. The topological polar surface area (TPSA) is 63.7 Å². The zero-order valence-corrected chi connectivity index (χ0v) is 12.0. The number of hydrogen-bond acceptors (Lipinski definition) is 4. The van der Waals surface area contributed by atoms with E-state index < -0.39 is 10.0 Å². The summed E-state index contributed by atoms with van der Waals surface area (Å²) in [4.78, 5) is 11.7. The van der Waals surface area contributed by atoms with Crippen LogP contribution in [0.2, 0.25) is 0 Å². The van der Waals surface area contributed by atoms with Crippen LogP contribution in [0.4, 0.5) is 5.69 Å². The minimum absolute atomic E-state index is 0.0186. The molecular formula is C13H17NO4S. The Labute approximate surface area is 113 Å². The number of benzene rings is 1. The van der Waals surface area contributed by atoms with E-state index >= 15 is 0 Å². The first-order chi connectivity index (χ1) is 8.82. The SMILES string of the molecule is CCC(=O)c1ccc2c(c1)N(S(C)(=O)=O)CC(C)O2. The lowest BCUT2D eigenvalue weighted by Crippen LogP contribution is -2.41. The summed E-state index contributed by atoms with van der Waals surface area (Å²) in [5.41, 5.74) is 0.952. The van der Waals surface area contributed by atoms with Gasteiger partial charge in [0.05, 0.1) is 18.5 Å². The second-order valence-electron chi connectivity index (χ2n) is 4.68. The molecule has 1 unspecified atom stereocenters. The second-order valence-corrected chi connectivity index (χ2v) is 6.59. The molecule has 0 aromatic heterocycles. The molecule has 0 bridgehead atoms. The lowest BCUT2D eigenvalue weighted by Gasteiger charge is -2.33. The lowest BCUT2D eigenvalue weighted by atomic mass is 10.1. The molecule has 0 N–H and O–H groups in total. The van der Waals surface area contributed by atoms with Crippen molar-refractivity contribution in [3.63, 3.8) is 0 Å². The predicted molar refractivity (Wildman–Crippen MR) is 73.3 cm³/mol. The molecule has 104 valence electrons. The van der Waals surface area contributed by atoms with Gasteiger partial charge < -0.3 is 4.74 Å². The van der Waals surface area contributed by atoms with E-state index in [0.717, 1.165) is 6.26 Å². The quantitative estimate of drug-likeness (QED) is 0.794. The molecule has 2 rings (SSSR count). The number of sulfonamides is 1. The molecule has 0 saturated carbocycles. The number of carbonyl (C=O) groups excluding carboxylic acids is 1. The van der Waals surface area contributed by atoms with Gasteiger partial charge in [-0.2, -0.15) is 0 Å². The van der Waals surface area contributed by atoms with Crippen molar-refractivity contribution in [1.29, 1.82) is 0 Å². The molecule has 1 aromatic carbocycles. The van der Waals surface area contributed by atoms with E-state index in [2.05, 4.69) is 0 Å². The summed E-state index contributed by atoms with van der Waals surface area (Å²) >= 11 is 0. The second kappa shape index (κ2) is 4.85. The smallest absolute Gasteiger partial charge is 0.232 e. The van der Waals surface area contributed by atoms with Gasteiger partial charge in [-0.25, -0.2) is 8.42 Å². The Bertz CT molecular complexity index is 609. The van der Waals surface area contributed by atoms with Crippen LogP contribution in [0, 0.1) is 0 Å². The van der Waals surface area contributed by atoms with E-state index in [4.69, 9.17) is 4.74 Å². The summed E-state index contributed by atoms with van der Waals surface area (Å²) in [6, 6.07) is 4.92. The average Bonchev–Trinajstić information content (AvgIpc) is 2.35. The summed E-state index contributed by atoms with van der Waals surface area (Å²) in [7, 11) is -3.38. The summed E-state index contributed by atoms with van der Waals surface area (Å²) in [5, 5.41) is 0. The zero-order valence-electron chi connectivity index (χ0n) is 11.2. The summed E-state index contributed by atoms with van der Waals surface area (Å²) in [6.45, 7) is 3.84. The molecule has 0 amide bonds. The largest absolute Gasteiger partial charge is 0.487 e. The minimum atomic E-state index is -3.38. The number of fused-ring (bicyclic) bond motifs is 1. The number of nitrogens with zero attached hydrogens (tertiary/aromatic N) is 1. The van der Waals surface area contributed by atoms with Crippen molar-refractivity contribution in [1.82, 2.24) is 0 Å². The van der Waals surface area contributed by atoms with Crippen molar-refractivity contribution in [2.24, 2.45) is 0 Å². The van der Waals surface area contributed by atoms with Crippen LogP contribution in [0.25, 0.3) is 0 Å². The molecule has 0 aliphatic carbocycles. The van der Waals surface area contributed by atoms with Gasteiger partial charge in [-0.3, -0.25) is 9.10 Å². The summed E-state index contributed by atoms with van der Waals surface area (Å²) < 4.78 is 30.6. The molecule has 6 heteroatoms. The van der Waals surface area contributed by atoms with E-state index in [0.29, 0.717) is 23.4 Å². The van der Waals surface area contributed by atoms with Gasteiger partial charge in [0.1, 0.15) is 11.9 Å². The highest BCUT2D eigenvalue weighted by Crippen LogP contribution is 2.35. The number of Topliss-reactive ketones (excluding diaryl/α,β-unsaturated/α-hetero) is 1. The number of anilines is 1. The van der Waals surface area contributed by atoms with Crippen molar-refractivity contribution in [3.05, 3.63) is 23.8 Å². The fraction of sp³-hybridized carbons (Fsp3) is 0.462. The van der Waals surface area contributed by atoms with Gasteiger partial charge in [-0.1, -0.05) is 6.92 Å². The maximum Gasteiger partial charge on any atom is 0.232 e. The third-order valence-corrected chi connectivity index (χ3v) is 4.17. The number of carbonyl (C=O) groups is 1. The van der Waals surface area contributed by atoms with Crippen molar-refractivity contribution in [2.75, 3.05) is 17.1 Å². The summed E-state index contributed by atoms with van der Waals surface area (Å²) in [6.07, 6.45) is 1.33. The first-order valence-electron chi connectivity index (χ1n) is 6.14. The molecule has 5 nitrogen and oxygen atoms in total. The van der Waals surface area contributed by atoms with Crippen LogP contribution < -0.4 is 9.04 Å². The van der Waals surface area contributed by atoms with Crippen LogP contribution in [0.15, 0.2) is 18.2 Å². The van der Waals surface area contributed by atoms with E-state index in [-0.39, 0.29) is 18.4 Å². The molecule has 1 aliphatic rings. The molecule has 0 spiro atoms. The maximum absolute atomic E-state index is 11.8. The van der Waals surface area contributed by atoms with Crippen LogP contribution in [-0.2, 0) is 10.0 Å². The Morgan fingerprint density at radius 2 is 2.16 bits per heavy atom. The molecule has 1 aliphatic heterocycles. The van der Waals surface area contributed by atoms with Gasteiger partial charge in [0, 0.05) is 12.0 Å². The zero-order chi connectivity index (χ0) is 14.2. The third kappa shape index (κ3) is 2.73. The van der Waals surface area contributed by atoms with Crippen LogP contribution in [0.3, 0.4) is 0 Å². The fourth-order valence-corrected chi connectivity index (χ4v) is 3.07. The minimum Gasteiger partial charge on any atom is -0.487 e. The monoisotopic (exact) mass is 283 g/mol. The average molecular weight is 283 g/mol. The molecule has 1 heterocycles. The number of ether oxygens (including phenoxy) is 1. The molecule has 1 atom stereocenters. The van der Waals surface area contributed by atoms with Crippen molar-refractivity contribution in [2.45, 2.75) is 26.4 Å². The van der Waals surface area contributed by atoms with E-state index in [1.807, 2.05) is 6.92 Å². The number of rotatable bonds is 3. The van der Waals surface area contributed by atoms with Crippen LogP contribution in [0.5, 0.6) is 5.75 Å². The van der Waals surface area contributed by atoms with Gasteiger partial charge >= 0.3 is 0 Å². The highest BCUT2D eigenvalue weighted by molar-refractivity contribution is 7.92. The standard InChI is InChI=1S/C13H17NO4S/c1-4-12(15)10-5-6-13-11(7-10)14(19(3,16)17)8-9(2)18-13/h5-7,9H,4,8H2,1-3H3. The van der Waals surface area contributed by atoms with E-state index in [9.17, 15) is 13.2 Å². The van der Waals surface area contributed by atoms with Crippen molar-refractivity contribution < 1.29 is 17.9 Å². The van der Waals surface area contributed by atoms with Gasteiger partial charge in [0.15, 0.2) is 5.78 Å². The van der Waals surface area contributed by atoms with Crippen LogP contribution in [0.1, 0.15) is 30.6 Å². The van der Waals surface area contributed by atoms with E-state index in [1.165, 1.54) is 4.31 Å². The lowest BCUT2D eigenvalue weighted by molar-refractivity contribution is 0.0988.